The van der Waals surface area contributed by atoms with Gasteiger partial charge in [-0.2, -0.15) is 0 Å². The molecule has 0 spiro atoms. The highest BCUT2D eigenvalue weighted by atomic mass is 16.3. The number of fused-ring (bicyclic) bond motifs is 2. The number of carbonyl (C=O) groups is 1. The Hall–Kier alpha value is -3.50. The van der Waals surface area contributed by atoms with Crippen molar-refractivity contribution in [2.45, 2.75) is 6.54 Å². The zero-order valence-corrected chi connectivity index (χ0v) is 19.2. The van der Waals surface area contributed by atoms with Gasteiger partial charge < -0.3 is 25.2 Å². The molecule has 0 aliphatic carbocycles. The average molecular weight is 451 g/mol. The number of hydrogen-bond donors (Lipinski definition) is 3. The van der Waals surface area contributed by atoms with E-state index in [2.05, 4.69) is 30.2 Å². The van der Waals surface area contributed by atoms with E-state index >= 15 is 0 Å². The Kier molecular flexibility index (Phi) is 6.85. The first-order chi connectivity index (χ1) is 15.9. The van der Waals surface area contributed by atoms with E-state index in [1.807, 2.05) is 50.3 Å². The van der Waals surface area contributed by atoms with Gasteiger partial charge in [-0.25, -0.2) is 9.97 Å². The molecule has 0 radical (unpaired) electrons. The number of benzene rings is 1. The number of likely N-dealkylation sites (N-methyl/N-ethyl adjacent to an activating group) is 3. The maximum absolute atomic E-state index is 12.6. The Labute approximate surface area is 193 Å². The SMILES string of the molecule is CN1CCNc2ncnc3[nH]c(O)c(c23)C=Nc2cccc(c2)CN(C)CC(=O)N(C)CC1. The summed E-state index contributed by atoms with van der Waals surface area (Å²) in [5, 5.41) is 14.5. The first-order valence-corrected chi connectivity index (χ1v) is 10.9. The number of aromatic amines is 1. The smallest absolute Gasteiger partial charge is 0.236 e. The molecule has 0 saturated carbocycles. The van der Waals surface area contributed by atoms with Crippen LogP contribution in [0, 0.1) is 0 Å². The van der Waals surface area contributed by atoms with Crippen molar-refractivity contribution in [1.29, 1.82) is 0 Å². The summed E-state index contributed by atoms with van der Waals surface area (Å²) < 4.78 is 0. The molecular weight excluding hydrogens is 420 g/mol. The number of aromatic hydroxyl groups is 1. The standard InChI is InChI=1S/C23H30N8O2/c1-29-8-7-24-21-20-18(23(33)28-22(20)27-15-26-21)12-25-17-6-4-5-16(11-17)13-30(2)14-19(32)31(3)10-9-29/h4-6,11-12,15,33H,7-10,13-14H2,1-3H3,(H2,24,26,27,28). The molecule has 4 rings (SSSR count). The van der Waals surface area contributed by atoms with Gasteiger partial charge in [-0.3, -0.25) is 14.7 Å². The van der Waals surface area contributed by atoms with Crippen LogP contribution < -0.4 is 5.32 Å². The Morgan fingerprint density at radius 2 is 1.88 bits per heavy atom. The minimum Gasteiger partial charge on any atom is -0.494 e. The van der Waals surface area contributed by atoms with Crippen LogP contribution in [-0.4, -0.2) is 101 Å². The van der Waals surface area contributed by atoms with Crippen molar-refractivity contribution in [3.63, 3.8) is 0 Å². The number of anilines is 1. The maximum atomic E-state index is 12.6. The van der Waals surface area contributed by atoms with Gasteiger partial charge in [0.05, 0.1) is 23.2 Å². The predicted octanol–water partition coefficient (Wildman–Crippen LogP) is 1.66. The van der Waals surface area contributed by atoms with Gasteiger partial charge in [0.1, 0.15) is 17.8 Å². The zero-order valence-electron chi connectivity index (χ0n) is 19.2. The van der Waals surface area contributed by atoms with Crippen LogP contribution in [0.4, 0.5) is 11.5 Å². The van der Waals surface area contributed by atoms with Gasteiger partial charge in [0.25, 0.3) is 0 Å². The summed E-state index contributed by atoms with van der Waals surface area (Å²) in [6.07, 6.45) is 3.09. The number of nitrogens with one attached hydrogen (secondary N) is 2. The fourth-order valence-electron chi connectivity index (χ4n) is 3.81. The molecule has 3 N–H and O–H groups in total. The Bertz CT molecular complexity index is 1160. The number of rotatable bonds is 0. The topological polar surface area (TPSA) is 113 Å². The number of aromatic nitrogens is 3. The van der Waals surface area contributed by atoms with Gasteiger partial charge in [-0.05, 0) is 31.8 Å². The first kappa shape index (κ1) is 22.7. The van der Waals surface area contributed by atoms with E-state index in [1.165, 1.54) is 6.33 Å². The lowest BCUT2D eigenvalue weighted by Gasteiger charge is -2.24. The molecule has 1 amide bonds. The highest BCUT2D eigenvalue weighted by Crippen LogP contribution is 2.29. The largest absolute Gasteiger partial charge is 0.494 e. The van der Waals surface area contributed by atoms with Crippen molar-refractivity contribution in [3.8, 4) is 5.88 Å². The summed E-state index contributed by atoms with van der Waals surface area (Å²) in [6.45, 7) is 3.80. The molecule has 3 heterocycles. The Morgan fingerprint density at radius 3 is 2.73 bits per heavy atom. The van der Waals surface area contributed by atoms with Gasteiger partial charge in [0.15, 0.2) is 5.88 Å². The van der Waals surface area contributed by atoms with E-state index in [9.17, 15) is 9.90 Å². The van der Waals surface area contributed by atoms with Gasteiger partial charge in [-0.15, -0.1) is 0 Å². The van der Waals surface area contributed by atoms with E-state index in [0.29, 0.717) is 48.6 Å². The van der Waals surface area contributed by atoms with Crippen LogP contribution in [-0.2, 0) is 11.3 Å². The molecule has 174 valence electrons. The number of H-pyrrole nitrogens is 1. The number of aliphatic imine (C=N–C) groups is 1. The second-order valence-corrected chi connectivity index (χ2v) is 8.48. The number of hydrogen-bond acceptors (Lipinski definition) is 8. The third kappa shape index (κ3) is 5.47. The number of carbonyl (C=O) groups excluding carboxylic acids is 1. The summed E-state index contributed by atoms with van der Waals surface area (Å²) in [6, 6.07) is 7.83. The number of nitrogens with zero attached hydrogens (tertiary/aromatic N) is 6. The van der Waals surface area contributed by atoms with Crippen LogP contribution in [0.2, 0.25) is 0 Å². The van der Waals surface area contributed by atoms with Crippen molar-refractivity contribution in [1.82, 2.24) is 29.7 Å². The molecule has 33 heavy (non-hydrogen) atoms. The van der Waals surface area contributed by atoms with E-state index in [4.69, 9.17) is 0 Å². The molecule has 0 saturated heterocycles. The number of amides is 1. The molecule has 2 aromatic heterocycles. The quantitative estimate of drug-likeness (QED) is 0.477. The lowest BCUT2D eigenvalue weighted by molar-refractivity contribution is -0.131. The molecule has 1 aromatic carbocycles. The molecule has 1 aliphatic rings. The monoisotopic (exact) mass is 450 g/mol. The summed E-state index contributed by atoms with van der Waals surface area (Å²) in [7, 11) is 5.81. The summed E-state index contributed by atoms with van der Waals surface area (Å²) in [5.74, 6) is 0.721. The first-order valence-electron chi connectivity index (χ1n) is 10.9. The molecular formula is C23H30N8O2. The minimum absolute atomic E-state index is 0.00209. The molecule has 1 aliphatic heterocycles. The van der Waals surface area contributed by atoms with Crippen LogP contribution in [0.25, 0.3) is 11.0 Å². The van der Waals surface area contributed by atoms with Crippen molar-refractivity contribution in [2.24, 2.45) is 4.99 Å². The van der Waals surface area contributed by atoms with Gasteiger partial charge in [0.2, 0.25) is 5.91 Å². The molecule has 0 atom stereocenters. The van der Waals surface area contributed by atoms with Crippen LogP contribution in [0.3, 0.4) is 0 Å². The Balaban J connectivity index is 1.68. The molecule has 0 fully saturated rings. The third-order valence-electron chi connectivity index (χ3n) is 5.75. The van der Waals surface area contributed by atoms with Crippen molar-refractivity contribution < 1.29 is 9.90 Å². The van der Waals surface area contributed by atoms with Crippen LogP contribution in [0.1, 0.15) is 11.1 Å². The predicted molar refractivity (Wildman–Crippen MR) is 129 cm³/mol. The van der Waals surface area contributed by atoms with Gasteiger partial charge in [0, 0.05) is 46.0 Å². The molecule has 3 aromatic rings. The molecule has 0 unspecified atom stereocenters. The van der Waals surface area contributed by atoms with Crippen molar-refractivity contribution in [2.75, 3.05) is 59.2 Å². The van der Waals surface area contributed by atoms with Crippen molar-refractivity contribution in [3.05, 3.63) is 41.7 Å². The van der Waals surface area contributed by atoms with Crippen molar-refractivity contribution >= 4 is 34.7 Å². The zero-order chi connectivity index (χ0) is 23.4. The summed E-state index contributed by atoms with van der Waals surface area (Å²) in [4.78, 5) is 34.7. The maximum Gasteiger partial charge on any atom is 0.236 e. The van der Waals surface area contributed by atoms with Crippen LogP contribution in [0.15, 0.2) is 35.6 Å². The fourth-order valence-corrected chi connectivity index (χ4v) is 3.81. The van der Waals surface area contributed by atoms with E-state index in [0.717, 1.165) is 24.3 Å². The second-order valence-electron chi connectivity index (χ2n) is 8.48. The lowest BCUT2D eigenvalue weighted by atomic mass is 10.2. The van der Waals surface area contributed by atoms with Crippen LogP contribution in [0.5, 0.6) is 5.88 Å². The van der Waals surface area contributed by atoms with Gasteiger partial charge in [-0.1, -0.05) is 12.1 Å². The van der Waals surface area contributed by atoms with Gasteiger partial charge >= 0.3 is 0 Å². The van der Waals surface area contributed by atoms with E-state index < -0.39 is 0 Å². The third-order valence-corrected chi connectivity index (χ3v) is 5.75. The molecule has 10 nitrogen and oxygen atoms in total. The van der Waals surface area contributed by atoms with E-state index in [1.54, 1.807) is 11.1 Å². The summed E-state index contributed by atoms with van der Waals surface area (Å²) >= 11 is 0. The Morgan fingerprint density at radius 1 is 1.03 bits per heavy atom. The summed E-state index contributed by atoms with van der Waals surface area (Å²) in [5.41, 5.74) is 2.88. The fraction of sp³-hybridized carbons (Fsp3) is 0.391. The lowest BCUT2D eigenvalue weighted by Crippen LogP contribution is -2.40. The van der Waals surface area contributed by atoms with E-state index in [-0.39, 0.29) is 11.8 Å². The highest BCUT2D eigenvalue weighted by molar-refractivity contribution is 6.06. The molecule has 10 heteroatoms. The molecule has 2 bridgehead atoms. The normalized spacial score (nSPS) is 17.4. The minimum atomic E-state index is -0.00209. The average Bonchev–Trinajstić information content (AvgIpc) is 3.11. The highest BCUT2D eigenvalue weighted by Gasteiger charge is 2.16. The van der Waals surface area contributed by atoms with Crippen LogP contribution >= 0.6 is 0 Å². The second kappa shape index (κ2) is 9.97.